The van der Waals surface area contributed by atoms with Crippen LogP contribution in [0, 0.1) is 6.92 Å². The number of benzene rings is 1. The van der Waals surface area contributed by atoms with Gasteiger partial charge < -0.3 is 5.11 Å². The van der Waals surface area contributed by atoms with Crippen LogP contribution in [0.25, 0.3) is 0 Å². The first kappa shape index (κ1) is 16.0. The fraction of sp³-hybridized carbons (Fsp3) is 0.154. The number of hydrogen-bond acceptors (Lipinski definition) is 4. The van der Waals surface area contributed by atoms with Crippen LogP contribution in [0.2, 0.25) is 10.0 Å². The van der Waals surface area contributed by atoms with Gasteiger partial charge in [0.1, 0.15) is 4.90 Å². The molecular formula is C13H12Cl2N2O3S. The number of rotatable bonds is 4. The number of aromatic nitrogens is 1. The quantitative estimate of drug-likeness (QED) is 0.891. The fourth-order valence-corrected chi connectivity index (χ4v) is 3.76. The van der Waals surface area contributed by atoms with Crippen LogP contribution in [0.4, 0.5) is 5.69 Å². The highest BCUT2D eigenvalue weighted by Gasteiger charge is 2.22. The zero-order chi connectivity index (χ0) is 15.6. The van der Waals surface area contributed by atoms with Crippen LogP contribution < -0.4 is 4.72 Å². The first-order valence-corrected chi connectivity index (χ1v) is 8.12. The molecule has 0 spiro atoms. The van der Waals surface area contributed by atoms with E-state index in [1.54, 1.807) is 25.3 Å². The Morgan fingerprint density at radius 1 is 1.33 bits per heavy atom. The normalized spacial score (nSPS) is 11.4. The van der Waals surface area contributed by atoms with E-state index in [9.17, 15) is 13.5 Å². The van der Waals surface area contributed by atoms with Crippen LogP contribution in [0.1, 0.15) is 11.3 Å². The van der Waals surface area contributed by atoms with Crippen molar-refractivity contribution in [3.8, 4) is 0 Å². The Labute approximate surface area is 132 Å². The molecule has 0 saturated carbocycles. The zero-order valence-electron chi connectivity index (χ0n) is 11.0. The number of sulfonamides is 1. The van der Waals surface area contributed by atoms with E-state index < -0.39 is 16.6 Å². The highest BCUT2D eigenvalue weighted by Crippen LogP contribution is 2.31. The average Bonchev–Trinajstić information content (AvgIpc) is 2.43. The molecule has 112 valence electrons. The Bertz CT molecular complexity index is 779. The van der Waals surface area contributed by atoms with E-state index in [4.69, 9.17) is 23.2 Å². The molecule has 0 atom stereocenters. The molecule has 0 saturated heterocycles. The van der Waals surface area contributed by atoms with Gasteiger partial charge in [-0.05, 0) is 36.8 Å². The van der Waals surface area contributed by atoms with Crippen molar-refractivity contribution < 1.29 is 13.5 Å². The van der Waals surface area contributed by atoms with Gasteiger partial charge in [-0.3, -0.25) is 9.71 Å². The number of hydrogen-bond donors (Lipinski definition) is 2. The van der Waals surface area contributed by atoms with Crippen LogP contribution in [0.5, 0.6) is 0 Å². The molecule has 2 N–H and O–H groups in total. The van der Waals surface area contributed by atoms with Crippen molar-refractivity contribution in [2.45, 2.75) is 18.4 Å². The van der Waals surface area contributed by atoms with E-state index in [-0.39, 0.29) is 20.5 Å². The third-order valence-corrected chi connectivity index (χ3v) is 4.96. The van der Waals surface area contributed by atoms with Gasteiger partial charge in [-0.15, -0.1) is 0 Å². The van der Waals surface area contributed by atoms with Gasteiger partial charge in [0.25, 0.3) is 10.0 Å². The molecular weight excluding hydrogens is 335 g/mol. The van der Waals surface area contributed by atoms with E-state index in [1.165, 1.54) is 12.1 Å². The van der Waals surface area contributed by atoms with Gasteiger partial charge in [-0.25, -0.2) is 8.42 Å². The number of anilines is 1. The average molecular weight is 347 g/mol. The second-order valence-electron chi connectivity index (χ2n) is 4.28. The minimum absolute atomic E-state index is 0.0593. The predicted molar refractivity (Wildman–Crippen MR) is 82.2 cm³/mol. The van der Waals surface area contributed by atoms with Crippen LogP contribution in [0.15, 0.2) is 35.4 Å². The molecule has 8 heteroatoms. The Morgan fingerprint density at radius 2 is 2.05 bits per heavy atom. The molecule has 0 aliphatic heterocycles. The number of nitrogens with zero attached hydrogens (tertiary/aromatic N) is 1. The monoisotopic (exact) mass is 346 g/mol. The van der Waals surface area contributed by atoms with E-state index in [0.29, 0.717) is 11.4 Å². The SMILES string of the molecule is Cc1ncccc1NS(=O)(=O)c1cc(Cl)cc(CO)c1Cl. The highest BCUT2D eigenvalue weighted by molar-refractivity contribution is 7.92. The van der Waals surface area contributed by atoms with Crippen molar-refractivity contribution >= 4 is 38.9 Å². The minimum Gasteiger partial charge on any atom is -0.392 e. The Morgan fingerprint density at radius 3 is 2.67 bits per heavy atom. The van der Waals surface area contributed by atoms with E-state index in [1.807, 2.05) is 0 Å². The molecule has 1 aromatic carbocycles. The summed E-state index contributed by atoms with van der Waals surface area (Å²) in [6.45, 7) is 1.27. The summed E-state index contributed by atoms with van der Waals surface area (Å²) in [6.07, 6.45) is 1.56. The van der Waals surface area contributed by atoms with Crippen LogP contribution in [-0.2, 0) is 16.6 Å². The van der Waals surface area contributed by atoms with Gasteiger partial charge in [0.2, 0.25) is 0 Å². The first-order valence-electron chi connectivity index (χ1n) is 5.88. The molecule has 0 amide bonds. The minimum atomic E-state index is -3.94. The predicted octanol–water partition coefficient (Wildman–Crippen LogP) is 2.99. The van der Waals surface area contributed by atoms with Crippen molar-refractivity contribution in [2.24, 2.45) is 0 Å². The lowest BCUT2D eigenvalue weighted by Gasteiger charge is -2.13. The molecule has 0 radical (unpaired) electrons. The molecule has 2 aromatic rings. The third-order valence-electron chi connectivity index (χ3n) is 2.79. The Hall–Kier alpha value is -1.34. The number of aliphatic hydroxyl groups excluding tert-OH is 1. The molecule has 21 heavy (non-hydrogen) atoms. The van der Waals surface area contributed by atoms with E-state index >= 15 is 0 Å². The molecule has 0 aliphatic carbocycles. The Balaban J connectivity index is 2.50. The molecule has 0 aliphatic rings. The molecule has 5 nitrogen and oxygen atoms in total. The lowest BCUT2D eigenvalue weighted by molar-refractivity contribution is 0.281. The summed E-state index contributed by atoms with van der Waals surface area (Å²) in [5.74, 6) is 0. The molecule has 0 bridgehead atoms. The van der Waals surface area contributed by atoms with E-state index in [0.717, 1.165) is 0 Å². The molecule has 1 heterocycles. The van der Waals surface area contributed by atoms with Crippen LogP contribution >= 0.6 is 23.2 Å². The highest BCUT2D eigenvalue weighted by atomic mass is 35.5. The van der Waals surface area contributed by atoms with Crippen molar-refractivity contribution in [1.82, 2.24) is 4.98 Å². The number of aliphatic hydroxyl groups is 1. The summed E-state index contributed by atoms with van der Waals surface area (Å²) in [7, 11) is -3.94. The van der Waals surface area contributed by atoms with Gasteiger partial charge in [0.15, 0.2) is 0 Å². The van der Waals surface area contributed by atoms with Crippen LogP contribution in [0.3, 0.4) is 0 Å². The summed E-state index contributed by atoms with van der Waals surface area (Å²) in [5.41, 5.74) is 1.12. The van der Waals surface area contributed by atoms with Gasteiger partial charge in [0.05, 0.1) is 23.0 Å². The van der Waals surface area contributed by atoms with Gasteiger partial charge in [-0.2, -0.15) is 0 Å². The lowest BCUT2D eigenvalue weighted by atomic mass is 10.2. The van der Waals surface area contributed by atoms with Crippen molar-refractivity contribution in [3.63, 3.8) is 0 Å². The maximum atomic E-state index is 12.4. The second-order valence-corrected chi connectivity index (χ2v) is 6.74. The van der Waals surface area contributed by atoms with Crippen molar-refractivity contribution in [2.75, 3.05) is 4.72 Å². The van der Waals surface area contributed by atoms with Gasteiger partial charge >= 0.3 is 0 Å². The smallest absolute Gasteiger partial charge is 0.263 e. The van der Waals surface area contributed by atoms with Crippen LogP contribution in [-0.4, -0.2) is 18.5 Å². The summed E-state index contributed by atoms with van der Waals surface area (Å²) < 4.78 is 27.3. The zero-order valence-corrected chi connectivity index (χ0v) is 13.3. The number of pyridine rings is 1. The molecule has 0 unspecified atom stereocenters. The fourth-order valence-electron chi connectivity index (χ4n) is 1.72. The number of halogens is 2. The number of aryl methyl sites for hydroxylation is 1. The maximum absolute atomic E-state index is 12.4. The van der Waals surface area contributed by atoms with Crippen molar-refractivity contribution in [3.05, 3.63) is 51.8 Å². The molecule has 1 aromatic heterocycles. The summed E-state index contributed by atoms with van der Waals surface area (Å²) in [5, 5.41) is 9.31. The van der Waals surface area contributed by atoms with Gasteiger partial charge in [0, 0.05) is 11.2 Å². The largest absolute Gasteiger partial charge is 0.392 e. The first-order chi connectivity index (χ1) is 9.85. The maximum Gasteiger partial charge on any atom is 0.263 e. The van der Waals surface area contributed by atoms with Crippen molar-refractivity contribution in [1.29, 1.82) is 0 Å². The van der Waals surface area contributed by atoms with E-state index in [2.05, 4.69) is 9.71 Å². The topological polar surface area (TPSA) is 79.3 Å². The molecule has 2 rings (SSSR count). The second kappa shape index (κ2) is 6.19. The summed E-state index contributed by atoms with van der Waals surface area (Å²) >= 11 is 11.9. The van der Waals surface area contributed by atoms with Gasteiger partial charge in [-0.1, -0.05) is 23.2 Å². The third kappa shape index (κ3) is 3.47. The standard InChI is InChI=1S/C13H12Cl2N2O3S/c1-8-11(3-2-4-16-8)17-21(19,20)12-6-10(14)5-9(7-18)13(12)15/h2-6,17-18H,7H2,1H3. The summed E-state index contributed by atoms with van der Waals surface area (Å²) in [4.78, 5) is 3.81. The summed E-state index contributed by atoms with van der Waals surface area (Å²) in [6, 6.07) is 5.85. The Kier molecular flexibility index (Phi) is 4.73. The molecule has 0 fully saturated rings. The number of nitrogens with one attached hydrogen (secondary N) is 1. The lowest BCUT2D eigenvalue weighted by Crippen LogP contribution is -2.15.